The van der Waals surface area contributed by atoms with Crippen molar-refractivity contribution in [2.45, 2.75) is 32.9 Å². The minimum Gasteiger partial charge on any atom is -0.444 e. The van der Waals surface area contributed by atoms with E-state index in [1.807, 2.05) is 51.1 Å². The molecule has 2 rings (SSSR count). The van der Waals surface area contributed by atoms with Gasteiger partial charge in [0.25, 0.3) is 0 Å². The Bertz CT molecular complexity index is 810. The predicted octanol–water partition coefficient (Wildman–Crippen LogP) is 4.74. The number of carbonyl (C=O) groups is 1. The van der Waals surface area contributed by atoms with Gasteiger partial charge in [0, 0.05) is 30.3 Å². The smallest absolute Gasteiger partial charge is 0.407 e. The van der Waals surface area contributed by atoms with Crippen molar-refractivity contribution < 1.29 is 9.53 Å². The van der Waals surface area contributed by atoms with Crippen LogP contribution in [0.3, 0.4) is 0 Å². The summed E-state index contributed by atoms with van der Waals surface area (Å²) in [5.41, 5.74) is 1.88. The van der Waals surface area contributed by atoms with Crippen molar-refractivity contribution in [3.63, 3.8) is 0 Å². The Morgan fingerprint density at radius 2 is 1.93 bits per heavy atom. The minimum absolute atomic E-state index is 0.409. The molecule has 2 aromatic rings. The Kier molecular flexibility index (Phi) is 7.09. The van der Waals surface area contributed by atoms with Crippen molar-refractivity contribution in [1.29, 1.82) is 5.26 Å². The minimum atomic E-state index is -0.536. The molecule has 5 nitrogen and oxygen atoms in total. The van der Waals surface area contributed by atoms with Gasteiger partial charge in [-0.1, -0.05) is 29.8 Å². The molecule has 0 bridgehead atoms. The van der Waals surface area contributed by atoms with Crippen molar-refractivity contribution in [2.75, 3.05) is 18.0 Å². The molecule has 0 saturated heterocycles. The normalized spacial score (nSPS) is 10.8. The van der Waals surface area contributed by atoms with Crippen molar-refractivity contribution in [2.24, 2.45) is 0 Å². The van der Waals surface area contributed by atoms with Crippen LogP contribution in [0.5, 0.6) is 0 Å². The van der Waals surface area contributed by atoms with Gasteiger partial charge in [-0.2, -0.15) is 5.26 Å². The number of ether oxygens (including phenoxy) is 1. The molecule has 0 aliphatic carbocycles. The summed E-state index contributed by atoms with van der Waals surface area (Å²) in [5, 5.41) is 12.7. The molecule has 142 valence electrons. The quantitative estimate of drug-likeness (QED) is 0.779. The average molecular weight is 386 g/mol. The van der Waals surface area contributed by atoms with Crippen LogP contribution in [0, 0.1) is 11.3 Å². The van der Waals surface area contributed by atoms with E-state index in [2.05, 4.69) is 16.3 Å². The molecule has 0 saturated carbocycles. The third-order valence-electron chi connectivity index (χ3n) is 3.72. The molecular weight excluding hydrogens is 362 g/mol. The van der Waals surface area contributed by atoms with Crippen LogP contribution in [0.15, 0.2) is 48.5 Å². The van der Waals surface area contributed by atoms with Gasteiger partial charge in [0.2, 0.25) is 0 Å². The first-order valence-corrected chi connectivity index (χ1v) is 9.11. The fraction of sp³-hybridized carbons (Fsp3) is 0.333. The highest BCUT2D eigenvalue weighted by atomic mass is 35.5. The zero-order chi connectivity index (χ0) is 19.9. The van der Waals surface area contributed by atoms with Crippen LogP contribution in [0.1, 0.15) is 31.9 Å². The molecule has 0 spiro atoms. The lowest BCUT2D eigenvalue weighted by molar-refractivity contribution is 0.0529. The summed E-state index contributed by atoms with van der Waals surface area (Å²) in [6.07, 6.45) is -0.448. The Morgan fingerprint density at radius 1 is 1.22 bits per heavy atom. The van der Waals surface area contributed by atoms with Gasteiger partial charge in [0.05, 0.1) is 11.6 Å². The third-order valence-corrected chi connectivity index (χ3v) is 3.96. The van der Waals surface area contributed by atoms with E-state index < -0.39 is 11.7 Å². The first-order chi connectivity index (χ1) is 12.8. The number of rotatable bonds is 6. The highest BCUT2D eigenvalue weighted by Crippen LogP contribution is 2.21. The topological polar surface area (TPSA) is 65.4 Å². The molecule has 1 amide bonds. The van der Waals surface area contributed by atoms with Gasteiger partial charge in [-0.25, -0.2) is 4.79 Å². The number of hydrogen-bond acceptors (Lipinski definition) is 4. The number of nitrogens with one attached hydrogen (secondary N) is 1. The summed E-state index contributed by atoms with van der Waals surface area (Å²) in [6, 6.07) is 17.3. The molecule has 0 heterocycles. The Labute approximate surface area is 165 Å². The van der Waals surface area contributed by atoms with Crippen molar-refractivity contribution >= 4 is 23.4 Å². The second kappa shape index (κ2) is 9.29. The molecule has 0 aromatic heterocycles. The lowest BCUT2D eigenvalue weighted by Gasteiger charge is -2.26. The van der Waals surface area contributed by atoms with E-state index in [4.69, 9.17) is 16.3 Å². The van der Waals surface area contributed by atoms with E-state index in [0.29, 0.717) is 30.2 Å². The summed E-state index contributed by atoms with van der Waals surface area (Å²) in [7, 11) is 0. The van der Waals surface area contributed by atoms with Gasteiger partial charge in [0.15, 0.2) is 0 Å². The van der Waals surface area contributed by atoms with Crippen molar-refractivity contribution in [3.8, 4) is 6.07 Å². The fourth-order valence-corrected chi connectivity index (χ4v) is 2.75. The van der Waals surface area contributed by atoms with Gasteiger partial charge >= 0.3 is 6.09 Å². The fourth-order valence-electron chi connectivity index (χ4n) is 2.55. The predicted molar refractivity (Wildman–Crippen MR) is 108 cm³/mol. The number of anilines is 1. The average Bonchev–Trinajstić information content (AvgIpc) is 2.60. The molecule has 0 radical (unpaired) electrons. The maximum absolute atomic E-state index is 11.9. The van der Waals surface area contributed by atoms with Gasteiger partial charge in [-0.05, 0) is 56.7 Å². The molecule has 1 N–H and O–H groups in total. The van der Waals surface area contributed by atoms with Crippen molar-refractivity contribution in [1.82, 2.24) is 5.32 Å². The lowest BCUT2D eigenvalue weighted by Crippen LogP contribution is -2.38. The number of nitrogens with zero attached hydrogens (tertiary/aromatic N) is 2. The maximum atomic E-state index is 11.9. The zero-order valence-electron chi connectivity index (χ0n) is 15.8. The molecule has 0 aliphatic heterocycles. The summed E-state index contributed by atoms with van der Waals surface area (Å²) < 4.78 is 5.27. The van der Waals surface area contributed by atoms with Crippen molar-refractivity contribution in [3.05, 3.63) is 64.7 Å². The first-order valence-electron chi connectivity index (χ1n) is 8.74. The number of para-hydroxylation sites is 1. The van der Waals surface area contributed by atoms with Crippen LogP contribution >= 0.6 is 11.6 Å². The number of alkyl carbamates (subject to hydrolysis) is 1. The second-order valence-corrected chi connectivity index (χ2v) is 7.54. The van der Waals surface area contributed by atoms with E-state index >= 15 is 0 Å². The highest BCUT2D eigenvalue weighted by molar-refractivity contribution is 6.30. The number of amides is 1. The summed E-state index contributed by atoms with van der Waals surface area (Å²) in [4.78, 5) is 14.0. The molecule has 0 fully saturated rings. The summed E-state index contributed by atoms with van der Waals surface area (Å²) in [6.45, 7) is 6.94. The molecule has 0 atom stereocenters. The van der Waals surface area contributed by atoms with Crippen LogP contribution in [-0.2, 0) is 11.3 Å². The van der Waals surface area contributed by atoms with Gasteiger partial charge in [-0.15, -0.1) is 0 Å². The Morgan fingerprint density at radius 3 is 2.56 bits per heavy atom. The summed E-state index contributed by atoms with van der Waals surface area (Å²) in [5.74, 6) is 0. The number of carbonyl (C=O) groups excluding carboxylic acids is 1. The number of nitriles is 1. The molecular formula is C21H24ClN3O2. The Hall–Kier alpha value is -2.71. The number of halogens is 1. The van der Waals surface area contributed by atoms with E-state index in [0.717, 1.165) is 11.3 Å². The molecule has 6 heteroatoms. The standard InChI is InChI=1S/C21H24ClN3O2/c1-21(2,3)27-20(26)24-11-12-25(19-7-5-4-6-8-19)15-17-13-18(22)10-9-16(17)14-23/h4-10,13H,11-12,15H2,1-3H3,(H,24,26). The van der Waals surface area contributed by atoms with E-state index in [1.165, 1.54) is 0 Å². The van der Waals surface area contributed by atoms with Crippen LogP contribution in [0.2, 0.25) is 5.02 Å². The van der Waals surface area contributed by atoms with Gasteiger partial charge in [-0.3, -0.25) is 0 Å². The third kappa shape index (κ3) is 6.84. The SMILES string of the molecule is CC(C)(C)OC(=O)NCCN(Cc1cc(Cl)ccc1C#N)c1ccccc1. The van der Waals surface area contributed by atoms with Crippen LogP contribution in [0.4, 0.5) is 10.5 Å². The van der Waals surface area contributed by atoms with E-state index in [9.17, 15) is 10.1 Å². The number of hydrogen-bond donors (Lipinski definition) is 1. The highest BCUT2D eigenvalue weighted by Gasteiger charge is 2.16. The van der Waals surface area contributed by atoms with Crippen LogP contribution < -0.4 is 10.2 Å². The lowest BCUT2D eigenvalue weighted by atomic mass is 10.1. The monoisotopic (exact) mass is 385 g/mol. The summed E-state index contributed by atoms with van der Waals surface area (Å²) >= 11 is 6.11. The van der Waals surface area contributed by atoms with Crippen LogP contribution in [-0.4, -0.2) is 24.8 Å². The zero-order valence-corrected chi connectivity index (χ0v) is 16.6. The molecule has 27 heavy (non-hydrogen) atoms. The van der Waals surface area contributed by atoms with E-state index in [-0.39, 0.29) is 0 Å². The van der Waals surface area contributed by atoms with E-state index in [1.54, 1.807) is 18.2 Å². The maximum Gasteiger partial charge on any atom is 0.407 e. The Balaban J connectivity index is 2.11. The largest absolute Gasteiger partial charge is 0.444 e. The molecule has 2 aromatic carbocycles. The molecule has 0 unspecified atom stereocenters. The van der Waals surface area contributed by atoms with Gasteiger partial charge < -0.3 is 15.0 Å². The second-order valence-electron chi connectivity index (χ2n) is 7.10. The molecule has 0 aliphatic rings. The first kappa shape index (κ1) is 20.6. The van der Waals surface area contributed by atoms with Crippen LogP contribution in [0.25, 0.3) is 0 Å². The van der Waals surface area contributed by atoms with Gasteiger partial charge in [0.1, 0.15) is 5.60 Å². The number of benzene rings is 2.